The van der Waals surface area contributed by atoms with E-state index in [9.17, 15) is 8.78 Å². The fourth-order valence-corrected chi connectivity index (χ4v) is 1.21. The lowest BCUT2D eigenvalue weighted by molar-refractivity contribution is 0.149. The number of pyridine rings is 1. The second kappa shape index (κ2) is 4.20. The minimum Gasteiger partial charge on any atom is -0.505 e. The highest BCUT2D eigenvalue weighted by atomic mass is 35.5. The largest absolute Gasteiger partial charge is 0.505 e. The molecular formula is C8H5ClF2N2O. The first-order chi connectivity index (χ1) is 6.57. The van der Waals surface area contributed by atoms with Gasteiger partial charge < -0.3 is 5.11 Å². The van der Waals surface area contributed by atoms with Gasteiger partial charge >= 0.3 is 0 Å². The Balaban J connectivity index is 3.31. The van der Waals surface area contributed by atoms with Crippen molar-refractivity contribution in [1.29, 1.82) is 5.26 Å². The summed E-state index contributed by atoms with van der Waals surface area (Å²) < 4.78 is 24.9. The number of nitriles is 1. The fourth-order valence-electron chi connectivity index (χ4n) is 0.967. The molecule has 0 bridgehead atoms. The molecule has 0 radical (unpaired) electrons. The van der Waals surface area contributed by atoms with Crippen LogP contribution in [0.5, 0.6) is 5.75 Å². The standard InChI is InChI=1S/C8H5ClF2N2O/c9-7-5(14)3-13-4(1-2-12)6(7)8(10)11/h3,8,14H,1H2. The molecule has 1 heterocycles. The third kappa shape index (κ3) is 1.91. The first-order valence-corrected chi connectivity index (χ1v) is 3.97. The van der Waals surface area contributed by atoms with E-state index in [1.807, 2.05) is 0 Å². The molecule has 74 valence electrons. The Morgan fingerprint density at radius 2 is 2.29 bits per heavy atom. The van der Waals surface area contributed by atoms with Gasteiger partial charge in [0.2, 0.25) is 0 Å². The molecule has 0 spiro atoms. The zero-order chi connectivity index (χ0) is 10.7. The number of hydrogen-bond donors (Lipinski definition) is 1. The number of nitrogens with zero attached hydrogens (tertiary/aromatic N) is 2. The summed E-state index contributed by atoms with van der Waals surface area (Å²) in [6.07, 6.45) is -2.17. The quantitative estimate of drug-likeness (QED) is 0.830. The molecule has 6 heteroatoms. The number of rotatable bonds is 2. The van der Waals surface area contributed by atoms with Crippen LogP contribution in [0.2, 0.25) is 5.02 Å². The predicted octanol–water partition coefficient (Wildman–Crippen LogP) is 2.44. The minimum absolute atomic E-state index is 0.106. The SMILES string of the molecule is N#CCc1ncc(O)c(Cl)c1C(F)F. The number of halogens is 3. The molecule has 1 rings (SSSR count). The summed E-state index contributed by atoms with van der Waals surface area (Å²) in [6.45, 7) is 0. The van der Waals surface area contributed by atoms with Gasteiger partial charge in [0.05, 0.1) is 35.0 Å². The van der Waals surface area contributed by atoms with Crippen LogP contribution >= 0.6 is 11.6 Å². The van der Waals surface area contributed by atoms with E-state index in [4.69, 9.17) is 22.0 Å². The van der Waals surface area contributed by atoms with E-state index in [2.05, 4.69) is 4.98 Å². The third-order valence-corrected chi connectivity index (χ3v) is 1.98. The Bertz CT molecular complexity index is 390. The van der Waals surface area contributed by atoms with Crippen LogP contribution in [0.15, 0.2) is 6.20 Å². The van der Waals surface area contributed by atoms with Gasteiger partial charge in [-0.15, -0.1) is 0 Å². The smallest absolute Gasteiger partial charge is 0.267 e. The van der Waals surface area contributed by atoms with Crippen molar-refractivity contribution in [3.8, 4) is 11.8 Å². The van der Waals surface area contributed by atoms with Crippen molar-refractivity contribution in [3.63, 3.8) is 0 Å². The summed E-state index contributed by atoms with van der Waals surface area (Å²) in [6, 6.07) is 1.69. The molecule has 1 aromatic heterocycles. The Kier molecular flexibility index (Phi) is 3.20. The van der Waals surface area contributed by atoms with Gasteiger partial charge in [-0.3, -0.25) is 4.98 Å². The van der Waals surface area contributed by atoms with Gasteiger partial charge in [-0.2, -0.15) is 5.26 Å². The zero-order valence-electron chi connectivity index (χ0n) is 6.84. The van der Waals surface area contributed by atoms with Crippen molar-refractivity contribution in [2.24, 2.45) is 0 Å². The summed E-state index contributed by atoms with van der Waals surface area (Å²) in [5, 5.41) is 16.9. The maximum atomic E-state index is 12.4. The highest BCUT2D eigenvalue weighted by molar-refractivity contribution is 6.32. The monoisotopic (exact) mass is 218 g/mol. The Labute approximate surface area is 83.6 Å². The number of aromatic nitrogens is 1. The molecule has 1 aromatic rings. The van der Waals surface area contributed by atoms with Gasteiger partial charge in [-0.1, -0.05) is 11.6 Å². The van der Waals surface area contributed by atoms with Crippen molar-refractivity contribution < 1.29 is 13.9 Å². The molecule has 0 aromatic carbocycles. The summed E-state index contributed by atoms with van der Waals surface area (Å²) >= 11 is 5.45. The molecule has 0 saturated carbocycles. The van der Waals surface area contributed by atoms with Crippen LogP contribution in [0.3, 0.4) is 0 Å². The van der Waals surface area contributed by atoms with Gasteiger partial charge in [-0.25, -0.2) is 8.78 Å². The molecule has 0 amide bonds. The highest BCUT2D eigenvalue weighted by Gasteiger charge is 2.20. The van der Waals surface area contributed by atoms with E-state index in [0.29, 0.717) is 0 Å². The first kappa shape index (κ1) is 10.7. The summed E-state index contributed by atoms with van der Waals surface area (Å²) in [5.41, 5.74) is -0.682. The average molecular weight is 219 g/mol. The van der Waals surface area contributed by atoms with Crippen LogP contribution in [0.1, 0.15) is 17.7 Å². The van der Waals surface area contributed by atoms with Crippen molar-refractivity contribution in [2.75, 3.05) is 0 Å². The number of hydrogen-bond acceptors (Lipinski definition) is 3. The van der Waals surface area contributed by atoms with E-state index >= 15 is 0 Å². The lowest BCUT2D eigenvalue weighted by Crippen LogP contribution is -1.98. The van der Waals surface area contributed by atoms with Crippen molar-refractivity contribution in [1.82, 2.24) is 4.98 Å². The van der Waals surface area contributed by atoms with Crippen LogP contribution in [-0.2, 0) is 6.42 Å². The second-order valence-corrected chi connectivity index (χ2v) is 2.83. The van der Waals surface area contributed by atoms with E-state index < -0.39 is 22.8 Å². The van der Waals surface area contributed by atoms with Crippen molar-refractivity contribution in [3.05, 3.63) is 22.5 Å². The lowest BCUT2D eigenvalue weighted by atomic mass is 10.1. The van der Waals surface area contributed by atoms with Crippen LogP contribution in [-0.4, -0.2) is 10.1 Å². The van der Waals surface area contributed by atoms with Crippen LogP contribution in [0.25, 0.3) is 0 Å². The Hall–Kier alpha value is -1.41. The molecule has 0 fully saturated rings. The summed E-state index contributed by atoms with van der Waals surface area (Å²) in [5.74, 6) is -0.511. The zero-order valence-corrected chi connectivity index (χ0v) is 7.59. The van der Waals surface area contributed by atoms with Crippen LogP contribution in [0.4, 0.5) is 8.78 Å². The van der Waals surface area contributed by atoms with Gasteiger partial charge in [0.1, 0.15) is 0 Å². The number of aromatic hydroxyl groups is 1. The van der Waals surface area contributed by atoms with Crippen LogP contribution < -0.4 is 0 Å². The van der Waals surface area contributed by atoms with Gasteiger partial charge in [0.25, 0.3) is 6.43 Å². The molecule has 3 nitrogen and oxygen atoms in total. The minimum atomic E-state index is -2.86. The van der Waals surface area contributed by atoms with Crippen molar-refractivity contribution >= 4 is 11.6 Å². The Morgan fingerprint density at radius 3 is 2.79 bits per heavy atom. The topological polar surface area (TPSA) is 56.9 Å². The molecule has 0 atom stereocenters. The van der Waals surface area contributed by atoms with E-state index in [1.54, 1.807) is 6.07 Å². The molecule has 14 heavy (non-hydrogen) atoms. The maximum Gasteiger partial charge on any atom is 0.267 e. The van der Waals surface area contributed by atoms with Crippen LogP contribution in [0, 0.1) is 11.3 Å². The molecule has 0 aliphatic rings. The highest BCUT2D eigenvalue weighted by Crippen LogP contribution is 2.35. The molecule has 0 saturated heterocycles. The molecule has 0 unspecified atom stereocenters. The molecule has 0 aliphatic carbocycles. The summed E-state index contributed by atoms with van der Waals surface area (Å²) in [4.78, 5) is 3.51. The number of alkyl halides is 2. The van der Waals surface area contributed by atoms with Gasteiger partial charge in [-0.05, 0) is 0 Å². The predicted molar refractivity (Wildman–Crippen MR) is 45.2 cm³/mol. The van der Waals surface area contributed by atoms with Gasteiger partial charge in [0.15, 0.2) is 5.75 Å². The third-order valence-electron chi connectivity index (χ3n) is 1.58. The van der Waals surface area contributed by atoms with E-state index in [-0.39, 0.29) is 12.1 Å². The van der Waals surface area contributed by atoms with E-state index in [0.717, 1.165) is 6.20 Å². The van der Waals surface area contributed by atoms with Gasteiger partial charge in [0, 0.05) is 0 Å². The Morgan fingerprint density at radius 1 is 1.64 bits per heavy atom. The first-order valence-electron chi connectivity index (χ1n) is 3.59. The second-order valence-electron chi connectivity index (χ2n) is 2.45. The van der Waals surface area contributed by atoms with Crippen molar-refractivity contribution in [2.45, 2.75) is 12.8 Å². The normalized spacial score (nSPS) is 10.2. The average Bonchev–Trinajstić information content (AvgIpc) is 2.11. The lowest BCUT2D eigenvalue weighted by Gasteiger charge is -2.08. The fraction of sp³-hybridized carbons (Fsp3) is 0.250. The summed E-state index contributed by atoms with van der Waals surface area (Å²) in [7, 11) is 0. The maximum absolute atomic E-state index is 12.4. The molecular weight excluding hydrogens is 214 g/mol. The molecule has 0 aliphatic heterocycles. The molecule has 1 N–H and O–H groups in total. The van der Waals surface area contributed by atoms with E-state index in [1.165, 1.54) is 0 Å².